The van der Waals surface area contributed by atoms with Gasteiger partial charge in [-0.1, -0.05) is 60.7 Å². The van der Waals surface area contributed by atoms with Crippen LogP contribution in [0.4, 0.5) is 5.69 Å². The third-order valence-corrected chi connectivity index (χ3v) is 5.15. The van der Waals surface area contributed by atoms with Crippen LogP contribution in [0.25, 0.3) is 0 Å². The summed E-state index contributed by atoms with van der Waals surface area (Å²) in [5, 5.41) is 6.56. The Labute approximate surface area is 171 Å². The highest BCUT2D eigenvalue weighted by Crippen LogP contribution is 2.28. The number of anilines is 1. The first-order valence-corrected chi connectivity index (χ1v) is 10.1. The van der Waals surface area contributed by atoms with Crippen molar-refractivity contribution in [3.05, 3.63) is 95.6 Å². The van der Waals surface area contributed by atoms with E-state index in [4.69, 9.17) is 4.74 Å². The zero-order valence-corrected chi connectivity index (χ0v) is 16.6. The van der Waals surface area contributed by atoms with Gasteiger partial charge in [-0.15, -0.1) is 0 Å². The van der Waals surface area contributed by atoms with Gasteiger partial charge in [-0.05, 0) is 42.2 Å². The summed E-state index contributed by atoms with van der Waals surface area (Å²) in [5.74, 6) is 0.859. The minimum absolute atomic E-state index is 0.0131. The van der Waals surface area contributed by atoms with Crippen molar-refractivity contribution in [3.8, 4) is 5.75 Å². The lowest BCUT2D eigenvalue weighted by Gasteiger charge is -2.21. The Morgan fingerprint density at radius 2 is 1.69 bits per heavy atom. The third kappa shape index (κ3) is 4.96. The highest BCUT2D eigenvalue weighted by Gasteiger charge is 2.28. The quantitative estimate of drug-likeness (QED) is 0.589. The van der Waals surface area contributed by atoms with E-state index >= 15 is 0 Å². The minimum atomic E-state index is -0.435. The van der Waals surface area contributed by atoms with E-state index in [2.05, 4.69) is 28.8 Å². The Morgan fingerprint density at radius 1 is 1.00 bits per heavy atom. The van der Waals surface area contributed by atoms with Crippen LogP contribution in [-0.2, 0) is 11.2 Å². The summed E-state index contributed by atoms with van der Waals surface area (Å²) in [4.78, 5) is 12.9. The number of benzene rings is 3. The Balaban J connectivity index is 1.59. The topological polar surface area (TPSA) is 50.4 Å². The lowest BCUT2D eigenvalue weighted by atomic mass is 10.0. The molecule has 1 unspecified atom stereocenters. The van der Waals surface area contributed by atoms with Gasteiger partial charge in [0.05, 0.1) is 7.11 Å². The fraction of sp³-hybridized carbons (Fsp3) is 0.240. The number of amides is 1. The third-order valence-electron chi connectivity index (χ3n) is 5.15. The molecule has 0 spiro atoms. The van der Waals surface area contributed by atoms with E-state index in [0.29, 0.717) is 6.04 Å². The fourth-order valence-corrected chi connectivity index (χ4v) is 3.45. The standard InChI is InChI=1S/C25H26N2O2/c1-29-23-15-14-22(17-20(23)16-18-8-4-2-5-9-18)26-24(19-10-6-3-7-11-19)25(28)27-21-12-13-21/h2-11,14-15,17,21,24,26H,12-13,16H2,1H3,(H,27,28). The first kappa shape index (κ1) is 19.1. The van der Waals surface area contributed by atoms with Crippen LogP contribution in [-0.4, -0.2) is 19.1 Å². The Kier molecular flexibility index (Phi) is 5.80. The summed E-state index contributed by atoms with van der Waals surface area (Å²) < 4.78 is 5.56. The van der Waals surface area contributed by atoms with Gasteiger partial charge in [0.15, 0.2) is 0 Å². The second-order valence-electron chi connectivity index (χ2n) is 7.46. The molecule has 1 atom stereocenters. The summed E-state index contributed by atoms with van der Waals surface area (Å²) in [6.45, 7) is 0. The van der Waals surface area contributed by atoms with Crippen LogP contribution >= 0.6 is 0 Å². The molecule has 3 aromatic carbocycles. The van der Waals surface area contributed by atoms with Crippen molar-refractivity contribution in [1.82, 2.24) is 5.32 Å². The first-order chi connectivity index (χ1) is 14.2. The van der Waals surface area contributed by atoms with Gasteiger partial charge in [0.2, 0.25) is 5.91 Å². The normalized spacial score (nSPS) is 14.1. The van der Waals surface area contributed by atoms with Crippen LogP contribution in [0.15, 0.2) is 78.9 Å². The second kappa shape index (κ2) is 8.82. The maximum Gasteiger partial charge on any atom is 0.247 e. The number of nitrogens with one attached hydrogen (secondary N) is 2. The van der Waals surface area contributed by atoms with E-state index in [0.717, 1.165) is 41.8 Å². The molecule has 148 valence electrons. The first-order valence-electron chi connectivity index (χ1n) is 10.1. The number of rotatable bonds is 8. The van der Waals surface area contributed by atoms with E-state index in [-0.39, 0.29) is 5.91 Å². The molecule has 0 heterocycles. The molecule has 3 aromatic rings. The summed E-state index contributed by atoms with van der Waals surface area (Å²) in [6.07, 6.45) is 2.90. The maximum absolute atomic E-state index is 12.9. The van der Waals surface area contributed by atoms with Gasteiger partial charge >= 0.3 is 0 Å². The molecule has 0 aliphatic heterocycles. The van der Waals surface area contributed by atoms with E-state index < -0.39 is 6.04 Å². The average Bonchev–Trinajstić information content (AvgIpc) is 3.57. The summed E-state index contributed by atoms with van der Waals surface area (Å²) in [7, 11) is 1.69. The van der Waals surface area contributed by atoms with Gasteiger partial charge < -0.3 is 15.4 Å². The average molecular weight is 386 g/mol. The molecule has 4 heteroatoms. The van der Waals surface area contributed by atoms with Crippen LogP contribution in [0, 0.1) is 0 Å². The molecular formula is C25H26N2O2. The number of hydrogen-bond donors (Lipinski definition) is 2. The molecule has 1 aliphatic rings. The molecule has 0 saturated heterocycles. The van der Waals surface area contributed by atoms with Crippen LogP contribution < -0.4 is 15.4 Å². The van der Waals surface area contributed by atoms with Crippen molar-refractivity contribution in [2.24, 2.45) is 0 Å². The Bertz CT molecular complexity index is 953. The minimum Gasteiger partial charge on any atom is -0.496 e. The predicted molar refractivity (Wildman–Crippen MR) is 116 cm³/mol. The van der Waals surface area contributed by atoms with Crippen LogP contribution in [0.2, 0.25) is 0 Å². The smallest absolute Gasteiger partial charge is 0.247 e. The van der Waals surface area contributed by atoms with Crippen LogP contribution in [0.5, 0.6) is 5.75 Å². The van der Waals surface area contributed by atoms with Gasteiger partial charge in [-0.25, -0.2) is 0 Å². The molecule has 1 saturated carbocycles. The lowest BCUT2D eigenvalue weighted by Crippen LogP contribution is -2.34. The van der Waals surface area contributed by atoms with Crippen molar-refractivity contribution in [2.75, 3.05) is 12.4 Å². The molecule has 2 N–H and O–H groups in total. The summed E-state index contributed by atoms with van der Waals surface area (Å²) >= 11 is 0. The molecule has 1 aliphatic carbocycles. The summed E-state index contributed by atoms with van der Waals surface area (Å²) in [6, 6.07) is 26.0. The second-order valence-corrected chi connectivity index (χ2v) is 7.46. The number of carbonyl (C=O) groups excluding carboxylic acids is 1. The molecule has 1 amide bonds. The van der Waals surface area contributed by atoms with Crippen molar-refractivity contribution in [2.45, 2.75) is 31.3 Å². The molecular weight excluding hydrogens is 360 g/mol. The maximum atomic E-state index is 12.9. The van der Waals surface area contributed by atoms with Gasteiger partial charge in [-0.3, -0.25) is 4.79 Å². The van der Waals surface area contributed by atoms with Crippen LogP contribution in [0.3, 0.4) is 0 Å². The number of methoxy groups -OCH3 is 1. The van der Waals surface area contributed by atoms with Gasteiger partial charge in [0.1, 0.15) is 11.8 Å². The highest BCUT2D eigenvalue weighted by molar-refractivity contribution is 5.86. The molecule has 4 nitrogen and oxygen atoms in total. The molecule has 1 fully saturated rings. The molecule has 0 bridgehead atoms. The van der Waals surface area contributed by atoms with E-state index in [9.17, 15) is 4.79 Å². The zero-order valence-electron chi connectivity index (χ0n) is 16.6. The summed E-state index contributed by atoms with van der Waals surface area (Å²) in [5.41, 5.74) is 4.15. The van der Waals surface area contributed by atoms with E-state index in [1.165, 1.54) is 5.56 Å². The van der Waals surface area contributed by atoms with Gasteiger partial charge in [0.25, 0.3) is 0 Å². The molecule has 0 aromatic heterocycles. The molecule has 4 rings (SSSR count). The van der Waals surface area contributed by atoms with E-state index in [1.54, 1.807) is 7.11 Å². The predicted octanol–water partition coefficient (Wildman–Crippen LogP) is 4.72. The molecule has 29 heavy (non-hydrogen) atoms. The SMILES string of the molecule is COc1ccc(NC(C(=O)NC2CC2)c2ccccc2)cc1Cc1ccccc1. The number of carbonyl (C=O) groups is 1. The zero-order chi connectivity index (χ0) is 20.1. The van der Waals surface area contributed by atoms with Crippen LogP contribution in [0.1, 0.15) is 35.6 Å². The van der Waals surface area contributed by atoms with Crippen molar-refractivity contribution in [1.29, 1.82) is 0 Å². The Morgan fingerprint density at radius 3 is 2.34 bits per heavy atom. The van der Waals surface area contributed by atoms with Gasteiger partial charge in [0, 0.05) is 23.7 Å². The Hall–Kier alpha value is -3.27. The van der Waals surface area contributed by atoms with Crippen molar-refractivity contribution >= 4 is 11.6 Å². The van der Waals surface area contributed by atoms with E-state index in [1.807, 2.05) is 60.7 Å². The number of hydrogen-bond acceptors (Lipinski definition) is 3. The van der Waals surface area contributed by atoms with Crippen molar-refractivity contribution < 1.29 is 9.53 Å². The monoisotopic (exact) mass is 386 g/mol. The molecule has 0 radical (unpaired) electrons. The lowest BCUT2D eigenvalue weighted by molar-refractivity contribution is -0.122. The van der Waals surface area contributed by atoms with Crippen molar-refractivity contribution in [3.63, 3.8) is 0 Å². The fourth-order valence-electron chi connectivity index (χ4n) is 3.45. The number of ether oxygens (including phenoxy) is 1. The highest BCUT2D eigenvalue weighted by atomic mass is 16.5. The largest absolute Gasteiger partial charge is 0.496 e. The van der Waals surface area contributed by atoms with Gasteiger partial charge in [-0.2, -0.15) is 0 Å².